The van der Waals surface area contributed by atoms with E-state index in [1.807, 2.05) is 31.2 Å². The van der Waals surface area contributed by atoms with Gasteiger partial charge in [-0.1, -0.05) is 48.0 Å². The van der Waals surface area contributed by atoms with E-state index < -0.39 is 9.84 Å². The SMILES string of the molecule is Cc1ccccc1COc1cccc(/C=C(/C#N)S(=O)(=O)c2ccc(Cl)cc2)c1. The standard InChI is InChI=1S/C23H18ClNO3S/c1-17-5-2-3-7-19(17)16-28-21-8-4-6-18(13-21)14-23(15-25)29(26,27)22-11-9-20(24)10-12-22/h2-14H,16H2,1H3/b23-14-. The van der Waals surface area contributed by atoms with E-state index in [0.717, 1.165) is 11.1 Å². The first-order chi connectivity index (χ1) is 13.9. The van der Waals surface area contributed by atoms with Gasteiger partial charge in [-0.3, -0.25) is 0 Å². The Bertz CT molecular complexity index is 1190. The van der Waals surface area contributed by atoms with Crippen molar-refractivity contribution in [3.8, 4) is 11.8 Å². The van der Waals surface area contributed by atoms with E-state index >= 15 is 0 Å². The Labute approximate surface area is 175 Å². The Morgan fingerprint density at radius 3 is 2.48 bits per heavy atom. The number of sulfone groups is 1. The molecule has 0 aliphatic rings. The molecule has 3 aromatic rings. The second kappa shape index (κ2) is 8.95. The molecule has 6 heteroatoms. The number of nitrogens with zero attached hydrogens (tertiary/aromatic N) is 1. The zero-order valence-electron chi connectivity index (χ0n) is 15.7. The number of nitriles is 1. The van der Waals surface area contributed by atoms with Gasteiger partial charge in [0.05, 0.1) is 4.90 Å². The van der Waals surface area contributed by atoms with Gasteiger partial charge in [0.2, 0.25) is 9.84 Å². The molecule has 0 fully saturated rings. The number of halogens is 1. The topological polar surface area (TPSA) is 67.2 Å². The number of ether oxygens (including phenoxy) is 1. The third-order valence-corrected chi connectivity index (χ3v) is 6.27. The van der Waals surface area contributed by atoms with Crippen LogP contribution in [-0.4, -0.2) is 8.42 Å². The van der Waals surface area contributed by atoms with E-state index in [0.29, 0.717) is 22.9 Å². The molecule has 146 valence electrons. The van der Waals surface area contributed by atoms with Gasteiger partial charge in [0.25, 0.3) is 0 Å². The van der Waals surface area contributed by atoms with Crippen LogP contribution in [0.3, 0.4) is 0 Å². The van der Waals surface area contributed by atoms with Crippen molar-refractivity contribution >= 4 is 27.5 Å². The first-order valence-corrected chi connectivity index (χ1v) is 10.7. The van der Waals surface area contributed by atoms with Crippen molar-refractivity contribution in [3.63, 3.8) is 0 Å². The van der Waals surface area contributed by atoms with Crippen LogP contribution in [0.4, 0.5) is 0 Å². The number of hydrogen-bond acceptors (Lipinski definition) is 4. The van der Waals surface area contributed by atoms with Crippen molar-refractivity contribution in [1.82, 2.24) is 0 Å². The molecule has 0 saturated heterocycles. The Balaban J connectivity index is 1.85. The van der Waals surface area contributed by atoms with Gasteiger partial charge in [-0.05, 0) is 66.1 Å². The summed E-state index contributed by atoms with van der Waals surface area (Å²) in [6.45, 7) is 2.41. The minimum atomic E-state index is -3.94. The third kappa shape index (κ3) is 5.05. The maximum absolute atomic E-state index is 12.7. The van der Waals surface area contributed by atoms with E-state index in [1.165, 1.54) is 30.3 Å². The van der Waals surface area contributed by atoms with Gasteiger partial charge in [-0.15, -0.1) is 0 Å². The first kappa shape index (κ1) is 20.7. The molecule has 29 heavy (non-hydrogen) atoms. The van der Waals surface area contributed by atoms with Crippen molar-refractivity contribution in [3.05, 3.63) is 99.4 Å². The highest BCUT2D eigenvalue weighted by Gasteiger charge is 2.20. The fraction of sp³-hybridized carbons (Fsp3) is 0.0870. The molecular weight excluding hydrogens is 406 g/mol. The van der Waals surface area contributed by atoms with Crippen LogP contribution in [0, 0.1) is 18.3 Å². The molecule has 0 bridgehead atoms. The second-order valence-corrected chi connectivity index (χ2v) is 8.72. The molecule has 0 N–H and O–H groups in total. The van der Waals surface area contributed by atoms with Crippen LogP contribution in [0.15, 0.2) is 82.6 Å². The van der Waals surface area contributed by atoms with E-state index in [-0.39, 0.29) is 9.80 Å². The summed E-state index contributed by atoms with van der Waals surface area (Å²) in [6, 6.07) is 22.4. The average Bonchev–Trinajstić information content (AvgIpc) is 2.72. The van der Waals surface area contributed by atoms with Crippen LogP contribution >= 0.6 is 11.6 Å². The lowest BCUT2D eigenvalue weighted by Gasteiger charge is -2.09. The van der Waals surface area contributed by atoms with Gasteiger partial charge < -0.3 is 4.74 Å². The quantitative estimate of drug-likeness (QED) is 0.486. The van der Waals surface area contributed by atoms with Crippen LogP contribution in [0.2, 0.25) is 5.02 Å². The fourth-order valence-electron chi connectivity index (χ4n) is 2.69. The average molecular weight is 424 g/mol. The molecule has 0 radical (unpaired) electrons. The minimum Gasteiger partial charge on any atom is -0.489 e. The predicted molar refractivity (Wildman–Crippen MR) is 114 cm³/mol. The second-order valence-electron chi connectivity index (χ2n) is 6.37. The van der Waals surface area contributed by atoms with Gasteiger partial charge in [0.1, 0.15) is 23.3 Å². The van der Waals surface area contributed by atoms with Gasteiger partial charge in [0, 0.05) is 5.02 Å². The Hall–Kier alpha value is -3.07. The summed E-state index contributed by atoms with van der Waals surface area (Å²) in [5.74, 6) is 0.586. The Morgan fingerprint density at radius 1 is 1.07 bits per heavy atom. The van der Waals surface area contributed by atoms with Crippen molar-refractivity contribution in [2.45, 2.75) is 18.4 Å². The highest BCUT2D eigenvalue weighted by molar-refractivity contribution is 7.95. The summed E-state index contributed by atoms with van der Waals surface area (Å²) in [5.41, 5.74) is 2.75. The zero-order valence-corrected chi connectivity index (χ0v) is 17.2. The number of hydrogen-bond donors (Lipinski definition) is 0. The summed E-state index contributed by atoms with van der Waals surface area (Å²) >= 11 is 5.82. The summed E-state index contributed by atoms with van der Waals surface area (Å²) in [7, 11) is -3.94. The van der Waals surface area contributed by atoms with Crippen LogP contribution in [-0.2, 0) is 16.4 Å². The largest absolute Gasteiger partial charge is 0.489 e. The minimum absolute atomic E-state index is 0.0154. The Kier molecular flexibility index (Phi) is 6.38. The summed E-state index contributed by atoms with van der Waals surface area (Å²) in [4.78, 5) is -0.336. The lowest BCUT2D eigenvalue weighted by molar-refractivity contribution is 0.305. The summed E-state index contributed by atoms with van der Waals surface area (Å²) in [5, 5.41) is 9.86. The molecule has 0 unspecified atom stereocenters. The third-order valence-electron chi connectivity index (χ3n) is 4.34. The molecule has 0 spiro atoms. The molecular formula is C23H18ClNO3S. The van der Waals surface area contributed by atoms with Gasteiger partial charge in [-0.25, -0.2) is 8.42 Å². The smallest absolute Gasteiger partial charge is 0.216 e. The van der Waals surface area contributed by atoms with E-state index in [9.17, 15) is 13.7 Å². The number of rotatable bonds is 6. The molecule has 0 amide bonds. The van der Waals surface area contributed by atoms with Gasteiger partial charge >= 0.3 is 0 Å². The summed E-state index contributed by atoms with van der Waals surface area (Å²) < 4.78 is 31.3. The molecule has 0 aromatic heterocycles. The summed E-state index contributed by atoms with van der Waals surface area (Å²) in [6.07, 6.45) is 1.34. The maximum Gasteiger partial charge on any atom is 0.216 e. The van der Waals surface area contributed by atoms with Crippen LogP contribution in [0.25, 0.3) is 6.08 Å². The normalized spacial score (nSPS) is 11.7. The van der Waals surface area contributed by atoms with E-state index in [1.54, 1.807) is 30.3 Å². The maximum atomic E-state index is 12.7. The lowest BCUT2D eigenvalue weighted by Crippen LogP contribution is -2.03. The van der Waals surface area contributed by atoms with Crippen LogP contribution in [0.1, 0.15) is 16.7 Å². The number of allylic oxidation sites excluding steroid dienone is 1. The molecule has 0 atom stereocenters. The molecule has 3 rings (SSSR count). The van der Waals surface area contributed by atoms with Crippen molar-refractivity contribution in [2.75, 3.05) is 0 Å². The molecule has 0 saturated carbocycles. The highest BCUT2D eigenvalue weighted by Crippen LogP contribution is 2.24. The fourth-order valence-corrected chi connectivity index (χ4v) is 3.97. The van der Waals surface area contributed by atoms with Crippen LogP contribution < -0.4 is 4.74 Å². The van der Waals surface area contributed by atoms with Crippen molar-refractivity contribution in [2.24, 2.45) is 0 Å². The first-order valence-electron chi connectivity index (χ1n) is 8.80. The van der Waals surface area contributed by atoms with Gasteiger partial charge in [0.15, 0.2) is 0 Å². The predicted octanol–water partition coefficient (Wildman–Crippen LogP) is 5.57. The molecule has 3 aromatic carbocycles. The van der Waals surface area contributed by atoms with Crippen molar-refractivity contribution in [1.29, 1.82) is 5.26 Å². The zero-order chi connectivity index (χ0) is 20.9. The van der Waals surface area contributed by atoms with Gasteiger partial charge in [-0.2, -0.15) is 5.26 Å². The number of aryl methyl sites for hydroxylation is 1. The van der Waals surface area contributed by atoms with E-state index in [2.05, 4.69) is 0 Å². The molecule has 0 aliphatic heterocycles. The van der Waals surface area contributed by atoms with Crippen molar-refractivity contribution < 1.29 is 13.2 Å². The lowest BCUT2D eigenvalue weighted by atomic mass is 10.1. The van der Waals surface area contributed by atoms with E-state index in [4.69, 9.17) is 16.3 Å². The number of benzene rings is 3. The monoisotopic (exact) mass is 423 g/mol. The highest BCUT2D eigenvalue weighted by atomic mass is 35.5. The molecule has 0 aliphatic carbocycles. The molecule has 0 heterocycles. The molecule has 4 nitrogen and oxygen atoms in total. The van der Waals surface area contributed by atoms with Crippen LogP contribution in [0.5, 0.6) is 5.75 Å². The Morgan fingerprint density at radius 2 is 1.79 bits per heavy atom.